The Morgan fingerprint density at radius 2 is 1.86 bits per heavy atom. The molecule has 1 aromatic carbocycles. The predicted molar refractivity (Wildman–Crippen MR) is 60.8 cm³/mol. The quantitative estimate of drug-likeness (QED) is 0.650. The van der Waals surface area contributed by atoms with E-state index in [1.165, 1.54) is 11.3 Å². The maximum absolute atomic E-state index is 2.29. The summed E-state index contributed by atoms with van der Waals surface area (Å²) in [7, 11) is 2.13. The lowest BCUT2D eigenvalue weighted by Gasteiger charge is -2.29. The topological polar surface area (TPSA) is 3.24 Å². The van der Waals surface area contributed by atoms with Gasteiger partial charge >= 0.3 is 0 Å². The molecule has 0 fully saturated rings. The fourth-order valence-electron chi connectivity index (χ4n) is 1.68. The highest BCUT2D eigenvalue weighted by molar-refractivity contribution is 5.67. The van der Waals surface area contributed by atoms with Crippen molar-refractivity contribution in [2.45, 2.75) is 13.0 Å². The number of hydrogen-bond donors (Lipinski definition) is 0. The molecule has 0 amide bonds. The third kappa shape index (κ3) is 1.58. The van der Waals surface area contributed by atoms with Gasteiger partial charge in [0.25, 0.3) is 0 Å². The van der Waals surface area contributed by atoms with Gasteiger partial charge in [0.05, 0.1) is 0 Å². The van der Waals surface area contributed by atoms with E-state index in [2.05, 4.69) is 61.4 Å². The van der Waals surface area contributed by atoms with Crippen molar-refractivity contribution in [3.63, 3.8) is 0 Å². The highest BCUT2D eigenvalue weighted by Gasteiger charge is 2.13. The van der Waals surface area contributed by atoms with Crippen LogP contribution in [0.1, 0.15) is 12.5 Å². The molecule has 0 N–H and O–H groups in total. The number of allylic oxidation sites excluding steroid dienone is 2. The van der Waals surface area contributed by atoms with Crippen LogP contribution >= 0.6 is 0 Å². The molecule has 1 aliphatic rings. The number of benzene rings is 1. The Hall–Kier alpha value is -1.50. The van der Waals surface area contributed by atoms with Crippen LogP contribution < -0.4 is 0 Å². The van der Waals surface area contributed by atoms with E-state index in [0.29, 0.717) is 6.04 Å². The Balaban J connectivity index is 2.35. The fourth-order valence-corrected chi connectivity index (χ4v) is 1.68. The van der Waals surface area contributed by atoms with Gasteiger partial charge in [0.2, 0.25) is 0 Å². The fraction of sp³-hybridized carbons (Fsp3) is 0.231. The molecule has 1 heterocycles. The third-order valence-corrected chi connectivity index (χ3v) is 2.70. The zero-order valence-corrected chi connectivity index (χ0v) is 8.64. The molecule has 1 unspecified atom stereocenters. The van der Waals surface area contributed by atoms with Gasteiger partial charge in [0.1, 0.15) is 0 Å². The summed E-state index contributed by atoms with van der Waals surface area (Å²) in [5.74, 6) is 0. The highest BCUT2D eigenvalue weighted by Crippen LogP contribution is 2.23. The summed E-state index contributed by atoms with van der Waals surface area (Å²) in [5.41, 5.74) is 2.58. The first-order valence-electron chi connectivity index (χ1n) is 4.96. The molecule has 1 atom stereocenters. The number of likely N-dealkylation sites (N-methyl/N-ethyl adjacent to an activating group) is 1. The molecule has 1 nitrogen and oxygen atoms in total. The van der Waals surface area contributed by atoms with Gasteiger partial charge in [0.15, 0.2) is 0 Å². The van der Waals surface area contributed by atoms with Crippen LogP contribution in [0.25, 0.3) is 5.70 Å². The van der Waals surface area contributed by atoms with Gasteiger partial charge in [-0.15, -0.1) is 0 Å². The summed E-state index contributed by atoms with van der Waals surface area (Å²) in [6.45, 7) is 2.20. The van der Waals surface area contributed by atoms with Gasteiger partial charge in [-0.1, -0.05) is 42.5 Å². The summed E-state index contributed by atoms with van der Waals surface area (Å²) in [6.07, 6.45) is 6.49. The monoisotopic (exact) mass is 185 g/mol. The first kappa shape index (κ1) is 9.07. The number of nitrogens with zero attached hydrogens (tertiary/aromatic N) is 1. The molecule has 14 heavy (non-hydrogen) atoms. The minimum atomic E-state index is 0.482. The Morgan fingerprint density at radius 1 is 1.14 bits per heavy atom. The summed E-state index contributed by atoms with van der Waals surface area (Å²) in [5, 5.41) is 0. The Bertz CT molecular complexity index is 362. The summed E-state index contributed by atoms with van der Waals surface area (Å²) in [4.78, 5) is 2.29. The van der Waals surface area contributed by atoms with E-state index in [9.17, 15) is 0 Å². The van der Waals surface area contributed by atoms with E-state index in [1.807, 2.05) is 6.07 Å². The van der Waals surface area contributed by atoms with Crippen molar-refractivity contribution in [2.75, 3.05) is 7.05 Å². The van der Waals surface area contributed by atoms with Gasteiger partial charge in [0, 0.05) is 18.8 Å². The van der Waals surface area contributed by atoms with Crippen molar-refractivity contribution in [3.05, 3.63) is 54.1 Å². The molecule has 0 spiro atoms. The van der Waals surface area contributed by atoms with E-state index in [4.69, 9.17) is 0 Å². The first-order chi connectivity index (χ1) is 6.79. The summed E-state index contributed by atoms with van der Waals surface area (Å²) < 4.78 is 0. The summed E-state index contributed by atoms with van der Waals surface area (Å²) in [6, 6.07) is 11.0. The van der Waals surface area contributed by atoms with Crippen LogP contribution in [0, 0.1) is 0 Å². The third-order valence-electron chi connectivity index (χ3n) is 2.70. The van der Waals surface area contributed by atoms with Gasteiger partial charge in [-0.05, 0) is 18.6 Å². The van der Waals surface area contributed by atoms with E-state index in [-0.39, 0.29) is 0 Å². The van der Waals surface area contributed by atoms with Crippen LogP contribution in [0.15, 0.2) is 48.6 Å². The van der Waals surface area contributed by atoms with E-state index in [0.717, 1.165) is 0 Å². The lowest BCUT2D eigenvalue weighted by molar-refractivity contribution is 0.425. The normalized spacial score (nSPS) is 20.9. The largest absolute Gasteiger partial charge is 0.368 e. The molecule has 1 aliphatic heterocycles. The number of hydrogen-bond acceptors (Lipinski definition) is 1. The first-order valence-corrected chi connectivity index (χ1v) is 4.96. The molecule has 0 aliphatic carbocycles. The molecule has 1 aromatic rings. The van der Waals surface area contributed by atoms with Crippen LogP contribution in [0.5, 0.6) is 0 Å². The number of rotatable bonds is 1. The van der Waals surface area contributed by atoms with Crippen molar-refractivity contribution in [1.82, 2.24) is 4.90 Å². The highest BCUT2D eigenvalue weighted by atomic mass is 15.1. The molecule has 72 valence electrons. The zero-order chi connectivity index (χ0) is 9.97. The molecular weight excluding hydrogens is 170 g/mol. The van der Waals surface area contributed by atoms with Crippen molar-refractivity contribution >= 4 is 5.70 Å². The molecule has 0 radical (unpaired) electrons. The van der Waals surface area contributed by atoms with Crippen LogP contribution in [0.4, 0.5) is 0 Å². The molecule has 0 saturated carbocycles. The van der Waals surface area contributed by atoms with Crippen molar-refractivity contribution in [3.8, 4) is 0 Å². The van der Waals surface area contributed by atoms with E-state index < -0.39 is 0 Å². The molecule has 0 bridgehead atoms. The molecule has 1 heteroatoms. The maximum Gasteiger partial charge on any atom is 0.0444 e. The van der Waals surface area contributed by atoms with Crippen molar-refractivity contribution < 1.29 is 0 Å². The smallest absolute Gasteiger partial charge is 0.0444 e. The average Bonchev–Trinajstić information content (AvgIpc) is 2.23. The van der Waals surface area contributed by atoms with Gasteiger partial charge in [-0.2, -0.15) is 0 Å². The van der Waals surface area contributed by atoms with Crippen LogP contribution in [-0.2, 0) is 0 Å². The average molecular weight is 185 g/mol. The maximum atomic E-state index is 2.29. The second kappa shape index (κ2) is 3.70. The molecule has 0 aromatic heterocycles. The van der Waals surface area contributed by atoms with E-state index >= 15 is 0 Å². The van der Waals surface area contributed by atoms with E-state index in [1.54, 1.807) is 0 Å². The van der Waals surface area contributed by atoms with Crippen molar-refractivity contribution in [2.24, 2.45) is 0 Å². The van der Waals surface area contributed by atoms with Gasteiger partial charge in [-0.25, -0.2) is 0 Å². The predicted octanol–water partition coefficient (Wildman–Crippen LogP) is 2.92. The molecule has 0 saturated heterocycles. The Labute approximate surface area is 85.4 Å². The van der Waals surface area contributed by atoms with Crippen LogP contribution in [-0.4, -0.2) is 18.0 Å². The minimum Gasteiger partial charge on any atom is -0.368 e. The standard InChI is InChI=1S/C13H15N/c1-11-7-6-10-13(14(11)2)12-8-4-3-5-9-12/h3-11H,1-2H3. The Kier molecular flexibility index (Phi) is 2.40. The summed E-state index contributed by atoms with van der Waals surface area (Å²) >= 11 is 0. The van der Waals surface area contributed by atoms with Crippen LogP contribution in [0.3, 0.4) is 0 Å². The second-order valence-corrected chi connectivity index (χ2v) is 3.65. The molecular formula is C13H15N. The second-order valence-electron chi connectivity index (χ2n) is 3.65. The zero-order valence-electron chi connectivity index (χ0n) is 8.64. The van der Waals surface area contributed by atoms with Gasteiger partial charge < -0.3 is 4.90 Å². The van der Waals surface area contributed by atoms with Crippen LogP contribution in [0.2, 0.25) is 0 Å². The lowest BCUT2D eigenvalue weighted by Crippen LogP contribution is -2.27. The van der Waals surface area contributed by atoms with Crippen molar-refractivity contribution in [1.29, 1.82) is 0 Å². The SMILES string of the molecule is CC1C=CC=C(c2ccccc2)N1C. The lowest BCUT2D eigenvalue weighted by atomic mass is 10.1. The minimum absolute atomic E-state index is 0.482. The Morgan fingerprint density at radius 3 is 2.57 bits per heavy atom. The van der Waals surface area contributed by atoms with Gasteiger partial charge in [-0.3, -0.25) is 0 Å². The molecule has 2 rings (SSSR count).